The van der Waals surface area contributed by atoms with Crippen LogP contribution in [0.5, 0.6) is 0 Å². The van der Waals surface area contributed by atoms with Crippen LogP contribution in [-0.4, -0.2) is 45.8 Å². The first-order chi connectivity index (χ1) is 12.3. The van der Waals surface area contributed by atoms with Crippen molar-refractivity contribution < 1.29 is 0 Å². The van der Waals surface area contributed by atoms with E-state index in [-0.39, 0.29) is 0 Å². The normalized spacial score (nSPS) is 16.4. The fraction of sp³-hybridized carbons (Fsp3) is 0.389. The Morgan fingerprint density at radius 2 is 2.04 bits per heavy atom. The largest absolute Gasteiger partial charge is 0.372 e. The van der Waals surface area contributed by atoms with Crippen LogP contribution in [-0.2, 0) is 0 Å². The van der Waals surface area contributed by atoms with Gasteiger partial charge < -0.3 is 16.0 Å². The van der Waals surface area contributed by atoms with Gasteiger partial charge in [0.1, 0.15) is 17.3 Å². The number of hydrogen-bond donors (Lipinski definition) is 3. The summed E-state index contributed by atoms with van der Waals surface area (Å²) in [5.41, 5.74) is 2.54. The van der Waals surface area contributed by atoms with Gasteiger partial charge in [0.15, 0.2) is 5.65 Å². The Bertz CT molecular complexity index is 821. The highest BCUT2D eigenvalue weighted by atomic mass is 15.3. The molecule has 1 fully saturated rings. The second-order valence-electron chi connectivity index (χ2n) is 5.62. The first-order valence-corrected chi connectivity index (χ1v) is 8.81. The lowest BCUT2D eigenvalue weighted by atomic mass is 10.2. The summed E-state index contributed by atoms with van der Waals surface area (Å²) in [5, 5.41) is 14.4. The van der Waals surface area contributed by atoms with Crippen LogP contribution < -0.4 is 16.0 Å². The molecule has 1 unspecified atom stereocenters. The minimum Gasteiger partial charge on any atom is -0.372 e. The lowest BCUT2D eigenvalue weighted by molar-refractivity contribution is 0.788. The van der Waals surface area contributed by atoms with Crippen molar-refractivity contribution in [2.24, 2.45) is 0 Å². The van der Waals surface area contributed by atoms with Gasteiger partial charge in [0.2, 0.25) is 0 Å². The monoisotopic (exact) mass is 339 g/mol. The summed E-state index contributed by atoms with van der Waals surface area (Å²) in [4.78, 5) is 9.13. The van der Waals surface area contributed by atoms with Crippen LogP contribution in [0.25, 0.3) is 17.0 Å². The summed E-state index contributed by atoms with van der Waals surface area (Å²) in [6, 6.07) is 10.3. The molecule has 0 aliphatic carbocycles. The third-order valence-electron chi connectivity index (χ3n) is 4.04. The third kappa shape index (κ3) is 3.71. The van der Waals surface area contributed by atoms with Gasteiger partial charge >= 0.3 is 0 Å². The maximum absolute atomic E-state index is 4.72. The Kier molecular flexibility index (Phi) is 5.45. The Labute approximate surface area is 147 Å². The number of hydrogen-bond acceptors (Lipinski definition) is 6. The van der Waals surface area contributed by atoms with Gasteiger partial charge in [-0.3, -0.25) is 0 Å². The van der Waals surface area contributed by atoms with Gasteiger partial charge in [-0.25, -0.2) is 14.5 Å². The molecule has 0 aromatic carbocycles. The van der Waals surface area contributed by atoms with Crippen LogP contribution in [0.3, 0.4) is 0 Å². The molecule has 0 saturated carbocycles. The molecule has 1 atom stereocenters. The van der Waals surface area contributed by atoms with E-state index >= 15 is 0 Å². The number of nitrogens with one attached hydrogen (secondary N) is 3. The van der Waals surface area contributed by atoms with Crippen molar-refractivity contribution in [1.82, 2.24) is 24.9 Å². The molecule has 0 spiro atoms. The van der Waals surface area contributed by atoms with Gasteiger partial charge in [-0.2, -0.15) is 0 Å². The fourth-order valence-corrected chi connectivity index (χ4v) is 2.83. The number of fused-ring (bicyclic) bond motifs is 1. The van der Waals surface area contributed by atoms with E-state index < -0.39 is 0 Å². The maximum Gasteiger partial charge on any atom is 0.154 e. The molecule has 0 bridgehead atoms. The molecule has 1 saturated heterocycles. The van der Waals surface area contributed by atoms with E-state index in [1.165, 1.54) is 0 Å². The zero-order valence-electron chi connectivity index (χ0n) is 15.0. The second kappa shape index (κ2) is 7.94. The Morgan fingerprint density at radius 3 is 2.80 bits per heavy atom. The highest BCUT2D eigenvalue weighted by Gasteiger charge is 2.15. The number of imidazole rings is 1. The predicted octanol–water partition coefficient (Wildman–Crippen LogP) is 2.63. The number of rotatable bonds is 4. The van der Waals surface area contributed by atoms with Crippen molar-refractivity contribution in [3.8, 4) is 11.4 Å². The SMILES string of the molecule is CC.CNc1ccc2ncc(-c3cccc(NC4CCNC4)n3)n2n1. The third-order valence-corrected chi connectivity index (χ3v) is 4.04. The summed E-state index contributed by atoms with van der Waals surface area (Å²) in [6.45, 7) is 6.04. The first kappa shape index (κ1) is 17.2. The molecule has 7 nitrogen and oxygen atoms in total. The zero-order valence-corrected chi connectivity index (χ0v) is 15.0. The van der Waals surface area contributed by atoms with Gasteiger partial charge in [0, 0.05) is 19.6 Å². The van der Waals surface area contributed by atoms with Crippen molar-refractivity contribution in [1.29, 1.82) is 0 Å². The quantitative estimate of drug-likeness (QED) is 0.678. The summed E-state index contributed by atoms with van der Waals surface area (Å²) < 4.78 is 1.81. The number of nitrogens with zero attached hydrogens (tertiary/aromatic N) is 4. The van der Waals surface area contributed by atoms with Gasteiger partial charge in [-0.05, 0) is 37.2 Å². The number of anilines is 2. The molecule has 4 rings (SSSR count). The van der Waals surface area contributed by atoms with E-state index in [1.807, 2.05) is 61.9 Å². The molecule has 4 heterocycles. The Morgan fingerprint density at radius 1 is 1.16 bits per heavy atom. The molecule has 0 amide bonds. The van der Waals surface area contributed by atoms with Gasteiger partial charge in [0.25, 0.3) is 0 Å². The van der Waals surface area contributed by atoms with E-state index in [1.54, 1.807) is 0 Å². The molecule has 1 aliphatic heterocycles. The molecule has 7 heteroatoms. The molecule has 3 N–H and O–H groups in total. The molecule has 25 heavy (non-hydrogen) atoms. The van der Waals surface area contributed by atoms with Crippen LogP contribution in [0.1, 0.15) is 20.3 Å². The lowest BCUT2D eigenvalue weighted by Crippen LogP contribution is -2.22. The van der Waals surface area contributed by atoms with Gasteiger partial charge in [-0.15, -0.1) is 5.10 Å². The van der Waals surface area contributed by atoms with E-state index in [2.05, 4.69) is 26.0 Å². The average Bonchev–Trinajstić information content (AvgIpc) is 3.32. The van der Waals surface area contributed by atoms with Crippen LogP contribution in [0.15, 0.2) is 36.5 Å². The van der Waals surface area contributed by atoms with Crippen molar-refractivity contribution >= 4 is 17.3 Å². The van der Waals surface area contributed by atoms with Crippen molar-refractivity contribution in [2.45, 2.75) is 26.3 Å². The van der Waals surface area contributed by atoms with Crippen molar-refractivity contribution in [3.05, 3.63) is 36.5 Å². The predicted molar refractivity (Wildman–Crippen MR) is 102 cm³/mol. The van der Waals surface area contributed by atoms with Gasteiger partial charge in [0.05, 0.1) is 11.9 Å². The van der Waals surface area contributed by atoms with E-state index in [9.17, 15) is 0 Å². The van der Waals surface area contributed by atoms with Crippen molar-refractivity contribution in [2.75, 3.05) is 30.8 Å². The summed E-state index contributed by atoms with van der Waals surface area (Å²) in [5.74, 6) is 1.68. The standard InChI is InChI=1S/C16H19N7.C2H6/c1-17-14-5-6-16-19-10-13(23(16)22-14)12-3-2-4-15(21-12)20-11-7-8-18-9-11;1-2/h2-6,10-11,18H,7-9H2,1H3,(H,17,22)(H,20,21);1-2H3. The van der Waals surface area contributed by atoms with Crippen LogP contribution >= 0.6 is 0 Å². The minimum atomic E-state index is 0.439. The van der Waals surface area contributed by atoms with Crippen LogP contribution in [0.2, 0.25) is 0 Å². The van der Waals surface area contributed by atoms with Gasteiger partial charge in [-0.1, -0.05) is 19.9 Å². The van der Waals surface area contributed by atoms with Crippen LogP contribution in [0, 0.1) is 0 Å². The Hall–Kier alpha value is -2.67. The number of aromatic nitrogens is 4. The molecule has 3 aromatic heterocycles. The smallest absolute Gasteiger partial charge is 0.154 e. The zero-order chi connectivity index (χ0) is 17.6. The summed E-state index contributed by atoms with van der Waals surface area (Å²) in [6.07, 6.45) is 2.93. The Balaban J connectivity index is 0.000000880. The molecule has 3 aromatic rings. The first-order valence-electron chi connectivity index (χ1n) is 8.81. The highest BCUT2D eigenvalue weighted by molar-refractivity contribution is 5.62. The highest BCUT2D eigenvalue weighted by Crippen LogP contribution is 2.21. The second-order valence-corrected chi connectivity index (χ2v) is 5.62. The van der Waals surface area contributed by atoms with E-state index in [0.29, 0.717) is 6.04 Å². The molecular weight excluding hydrogens is 314 g/mol. The maximum atomic E-state index is 4.72. The minimum absolute atomic E-state index is 0.439. The summed E-state index contributed by atoms with van der Waals surface area (Å²) in [7, 11) is 1.85. The molecule has 0 radical (unpaired) electrons. The lowest BCUT2D eigenvalue weighted by Gasteiger charge is -2.12. The molecule has 132 valence electrons. The number of pyridine rings is 1. The van der Waals surface area contributed by atoms with Crippen LogP contribution in [0.4, 0.5) is 11.6 Å². The van der Waals surface area contributed by atoms with E-state index in [4.69, 9.17) is 4.98 Å². The van der Waals surface area contributed by atoms with Crippen molar-refractivity contribution in [3.63, 3.8) is 0 Å². The topological polar surface area (TPSA) is 79.2 Å². The summed E-state index contributed by atoms with van der Waals surface area (Å²) >= 11 is 0. The molecular formula is C18H25N7. The van der Waals surface area contributed by atoms with E-state index in [0.717, 1.165) is 48.2 Å². The average molecular weight is 339 g/mol. The molecule has 1 aliphatic rings. The fourth-order valence-electron chi connectivity index (χ4n) is 2.83.